The van der Waals surface area contributed by atoms with E-state index in [1.165, 1.54) is 0 Å². The second-order valence-corrected chi connectivity index (χ2v) is 2.13. The molecule has 0 fully saturated rings. The summed E-state index contributed by atoms with van der Waals surface area (Å²) in [6.45, 7) is 5.93. The van der Waals surface area contributed by atoms with E-state index in [-0.39, 0.29) is 13.3 Å². The third-order valence-corrected chi connectivity index (χ3v) is 1.51. The summed E-state index contributed by atoms with van der Waals surface area (Å²) in [5.41, 5.74) is 0. The molecule has 0 bridgehead atoms. The largest absolute Gasteiger partial charge is 0.299 e. The van der Waals surface area contributed by atoms with Gasteiger partial charge >= 0.3 is 0 Å². The van der Waals surface area contributed by atoms with Crippen LogP contribution in [-0.2, 0) is 4.79 Å². The molecule has 0 heterocycles. The van der Waals surface area contributed by atoms with E-state index in [9.17, 15) is 4.79 Å². The van der Waals surface area contributed by atoms with Gasteiger partial charge in [0.05, 0.1) is 0 Å². The van der Waals surface area contributed by atoms with Crippen LogP contribution in [0.3, 0.4) is 0 Å². The van der Waals surface area contributed by atoms with Crippen molar-refractivity contribution in [3.63, 3.8) is 0 Å². The monoisotopic (exact) mass is 130 g/mol. The molecule has 0 aromatic heterocycles. The number of hydrogen-bond donors (Lipinski definition) is 0. The van der Waals surface area contributed by atoms with Crippen LogP contribution in [0.15, 0.2) is 0 Å². The van der Waals surface area contributed by atoms with Crippen molar-refractivity contribution < 1.29 is 4.79 Å². The zero-order valence-corrected chi connectivity index (χ0v) is 5.90. The van der Waals surface area contributed by atoms with Gasteiger partial charge in [-0.2, -0.15) is 0 Å². The van der Waals surface area contributed by atoms with Gasteiger partial charge in [0.25, 0.3) is 0 Å². The SMILES string of the molecule is C.CCC(=O)C(C)CC. The van der Waals surface area contributed by atoms with Gasteiger partial charge in [0.2, 0.25) is 0 Å². The van der Waals surface area contributed by atoms with E-state index in [0.29, 0.717) is 12.2 Å². The molecular weight excluding hydrogens is 112 g/mol. The highest BCUT2D eigenvalue weighted by molar-refractivity contribution is 5.80. The van der Waals surface area contributed by atoms with Crippen molar-refractivity contribution in [1.82, 2.24) is 0 Å². The van der Waals surface area contributed by atoms with Gasteiger partial charge in [0.15, 0.2) is 0 Å². The normalized spacial score (nSPS) is 11.9. The molecule has 0 amide bonds. The first kappa shape index (κ1) is 11.5. The third kappa shape index (κ3) is 4.19. The molecule has 1 unspecified atom stereocenters. The Morgan fingerprint density at radius 1 is 1.44 bits per heavy atom. The van der Waals surface area contributed by atoms with Gasteiger partial charge in [-0.3, -0.25) is 4.79 Å². The Morgan fingerprint density at radius 3 is 2.00 bits per heavy atom. The average Bonchev–Trinajstić information content (AvgIpc) is 1.84. The highest BCUT2D eigenvalue weighted by Gasteiger charge is 2.05. The molecule has 0 aromatic rings. The van der Waals surface area contributed by atoms with Crippen LogP contribution in [0.4, 0.5) is 0 Å². The number of hydrogen-bond acceptors (Lipinski definition) is 1. The van der Waals surface area contributed by atoms with Gasteiger partial charge in [-0.1, -0.05) is 28.2 Å². The maximum absolute atomic E-state index is 10.7. The summed E-state index contributed by atoms with van der Waals surface area (Å²) in [4.78, 5) is 10.7. The van der Waals surface area contributed by atoms with Crippen molar-refractivity contribution in [2.24, 2.45) is 5.92 Å². The molecule has 9 heavy (non-hydrogen) atoms. The van der Waals surface area contributed by atoms with Crippen molar-refractivity contribution in [3.05, 3.63) is 0 Å². The second kappa shape index (κ2) is 5.80. The Labute approximate surface area is 58.5 Å². The lowest BCUT2D eigenvalue weighted by Gasteiger charge is -2.02. The maximum atomic E-state index is 10.7. The fraction of sp³-hybridized carbons (Fsp3) is 0.875. The smallest absolute Gasteiger partial charge is 0.135 e. The maximum Gasteiger partial charge on any atom is 0.135 e. The summed E-state index contributed by atoms with van der Waals surface area (Å²) in [5, 5.41) is 0. The molecule has 0 radical (unpaired) electrons. The first-order valence-electron chi connectivity index (χ1n) is 3.25. The molecule has 0 saturated heterocycles. The molecule has 1 atom stereocenters. The summed E-state index contributed by atoms with van der Waals surface area (Å²) in [7, 11) is 0. The van der Waals surface area contributed by atoms with E-state index < -0.39 is 0 Å². The van der Waals surface area contributed by atoms with E-state index >= 15 is 0 Å². The molecule has 0 N–H and O–H groups in total. The molecule has 0 rings (SSSR count). The van der Waals surface area contributed by atoms with Crippen molar-refractivity contribution in [3.8, 4) is 0 Å². The van der Waals surface area contributed by atoms with E-state index in [4.69, 9.17) is 0 Å². The molecule has 0 aromatic carbocycles. The third-order valence-electron chi connectivity index (χ3n) is 1.51. The summed E-state index contributed by atoms with van der Waals surface area (Å²) < 4.78 is 0. The molecule has 0 saturated carbocycles. The van der Waals surface area contributed by atoms with Crippen molar-refractivity contribution in [2.75, 3.05) is 0 Å². The summed E-state index contributed by atoms with van der Waals surface area (Å²) in [6.07, 6.45) is 1.67. The lowest BCUT2D eigenvalue weighted by Crippen LogP contribution is -2.06. The Bertz CT molecular complexity index is 76.6. The Hall–Kier alpha value is -0.330. The number of Topliss-reactive ketones (excluding diaryl/α,β-unsaturated/α-hetero) is 1. The predicted molar refractivity (Wildman–Crippen MR) is 41.5 cm³/mol. The zero-order chi connectivity index (χ0) is 6.57. The molecular formula is C8H18O. The summed E-state index contributed by atoms with van der Waals surface area (Å²) in [5.74, 6) is 0.660. The Balaban J connectivity index is 0. The van der Waals surface area contributed by atoms with Gasteiger partial charge in [0, 0.05) is 12.3 Å². The second-order valence-electron chi connectivity index (χ2n) is 2.13. The first-order valence-corrected chi connectivity index (χ1v) is 3.25. The van der Waals surface area contributed by atoms with Gasteiger partial charge in [-0.15, -0.1) is 0 Å². The van der Waals surface area contributed by atoms with Crippen LogP contribution in [0.2, 0.25) is 0 Å². The van der Waals surface area contributed by atoms with Crippen LogP contribution in [-0.4, -0.2) is 5.78 Å². The highest BCUT2D eigenvalue weighted by atomic mass is 16.1. The van der Waals surface area contributed by atoms with Crippen molar-refractivity contribution in [2.45, 2.75) is 41.0 Å². The van der Waals surface area contributed by atoms with Gasteiger partial charge in [0.1, 0.15) is 5.78 Å². The van der Waals surface area contributed by atoms with Crippen LogP contribution < -0.4 is 0 Å². The molecule has 0 aliphatic heterocycles. The van der Waals surface area contributed by atoms with E-state index in [1.807, 2.05) is 20.8 Å². The minimum absolute atomic E-state index is 0. The van der Waals surface area contributed by atoms with Crippen LogP contribution >= 0.6 is 0 Å². The first-order chi connectivity index (χ1) is 3.72. The van der Waals surface area contributed by atoms with Gasteiger partial charge in [-0.25, -0.2) is 0 Å². The number of carbonyl (C=O) groups excluding carboxylic acids is 1. The fourth-order valence-electron chi connectivity index (χ4n) is 0.576. The van der Waals surface area contributed by atoms with Crippen LogP contribution in [0.5, 0.6) is 0 Å². The Kier molecular flexibility index (Phi) is 7.39. The standard InChI is InChI=1S/C7H14O.CH4/c1-4-6(3)7(8)5-2;/h6H,4-5H2,1-3H3;1H4. The lowest BCUT2D eigenvalue weighted by molar-refractivity contribution is -0.122. The Morgan fingerprint density at radius 2 is 1.89 bits per heavy atom. The number of ketones is 1. The minimum Gasteiger partial charge on any atom is -0.299 e. The summed E-state index contributed by atoms with van der Waals surface area (Å²) in [6, 6.07) is 0. The molecule has 0 spiro atoms. The molecule has 0 aliphatic rings. The minimum atomic E-state index is 0. The molecule has 0 aliphatic carbocycles. The summed E-state index contributed by atoms with van der Waals surface area (Å²) >= 11 is 0. The quantitative estimate of drug-likeness (QED) is 0.574. The zero-order valence-electron chi connectivity index (χ0n) is 5.90. The van der Waals surface area contributed by atoms with E-state index in [1.54, 1.807) is 0 Å². The van der Waals surface area contributed by atoms with E-state index in [2.05, 4.69) is 0 Å². The van der Waals surface area contributed by atoms with Crippen LogP contribution in [0.25, 0.3) is 0 Å². The van der Waals surface area contributed by atoms with Crippen LogP contribution in [0.1, 0.15) is 41.0 Å². The van der Waals surface area contributed by atoms with E-state index in [0.717, 1.165) is 6.42 Å². The van der Waals surface area contributed by atoms with Crippen LogP contribution in [0, 0.1) is 5.92 Å². The van der Waals surface area contributed by atoms with Gasteiger partial charge < -0.3 is 0 Å². The molecule has 1 heteroatoms. The topological polar surface area (TPSA) is 17.1 Å². The predicted octanol–water partition coefficient (Wildman–Crippen LogP) is 2.65. The highest BCUT2D eigenvalue weighted by Crippen LogP contribution is 2.03. The fourth-order valence-corrected chi connectivity index (χ4v) is 0.576. The number of rotatable bonds is 3. The number of carbonyl (C=O) groups is 1. The lowest BCUT2D eigenvalue weighted by atomic mass is 10.0. The van der Waals surface area contributed by atoms with Crippen molar-refractivity contribution in [1.29, 1.82) is 0 Å². The van der Waals surface area contributed by atoms with Gasteiger partial charge in [-0.05, 0) is 6.42 Å². The molecule has 56 valence electrons. The van der Waals surface area contributed by atoms with Crippen molar-refractivity contribution >= 4 is 5.78 Å². The molecule has 1 nitrogen and oxygen atoms in total. The average molecular weight is 130 g/mol.